The molecular weight excluding hydrogens is 310 g/mol. The molecule has 1 saturated heterocycles. The van der Waals surface area contributed by atoms with Crippen LogP contribution in [0.1, 0.15) is 31.2 Å². The van der Waals surface area contributed by atoms with Crippen molar-refractivity contribution in [1.29, 1.82) is 0 Å². The van der Waals surface area contributed by atoms with E-state index >= 15 is 0 Å². The monoisotopic (exact) mass is 331 g/mol. The van der Waals surface area contributed by atoms with E-state index < -0.39 is 0 Å². The molecule has 122 valence electrons. The minimum absolute atomic E-state index is 0.223. The van der Waals surface area contributed by atoms with Crippen LogP contribution in [0.25, 0.3) is 0 Å². The second-order valence-electron chi connectivity index (χ2n) is 6.14. The van der Waals surface area contributed by atoms with E-state index in [1.165, 1.54) is 10.2 Å². The predicted octanol–water partition coefficient (Wildman–Crippen LogP) is 3.43. The zero-order chi connectivity index (χ0) is 16.2. The standard InChI is InChI=1S/C18H22ClN3O/c1-21-18(23)17(19)16(13-20-21)22-12-6-11-15(22)10-5-9-14-7-3-2-4-8-14/h2-4,7-8,13,15H,5-6,9-12H2,1H3. The van der Waals surface area contributed by atoms with Gasteiger partial charge in [-0.15, -0.1) is 0 Å². The number of hydrogen-bond acceptors (Lipinski definition) is 3. The highest BCUT2D eigenvalue weighted by molar-refractivity contribution is 6.33. The maximum atomic E-state index is 12.0. The SMILES string of the molecule is Cn1ncc(N2CCCC2CCCc2ccccc2)c(Cl)c1=O. The van der Waals surface area contributed by atoms with Crippen LogP contribution in [0.5, 0.6) is 0 Å². The van der Waals surface area contributed by atoms with Gasteiger partial charge in [-0.25, -0.2) is 4.68 Å². The Kier molecular flexibility index (Phi) is 5.01. The normalized spacial score (nSPS) is 17.7. The molecular formula is C18H22ClN3O. The first-order valence-electron chi connectivity index (χ1n) is 8.19. The van der Waals surface area contributed by atoms with Gasteiger partial charge in [-0.05, 0) is 37.7 Å². The smallest absolute Gasteiger partial charge is 0.287 e. The van der Waals surface area contributed by atoms with Crippen LogP contribution in [0.2, 0.25) is 5.02 Å². The van der Waals surface area contributed by atoms with Crippen LogP contribution in [0.4, 0.5) is 5.69 Å². The molecule has 1 aliphatic rings. The van der Waals surface area contributed by atoms with E-state index in [0.717, 1.165) is 44.3 Å². The number of benzene rings is 1. The summed E-state index contributed by atoms with van der Waals surface area (Å²) < 4.78 is 1.28. The Balaban J connectivity index is 1.66. The average Bonchev–Trinajstić information content (AvgIpc) is 3.02. The zero-order valence-corrected chi connectivity index (χ0v) is 14.2. The molecule has 0 saturated carbocycles. The van der Waals surface area contributed by atoms with Crippen molar-refractivity contribution in [3.8, 4) is 0 Å². The molecule has 0 N–H and O–H groups in total. The number of anilines is 1. The van der Waals surface area contributed by atoms with Gasteiger partial charge in [0.05, 0.1) is 11.9 Å². The minimum atomic E-state index is -0.223. The lowest BCUT2D eigenvalue weighted by atomic mass is 10.0. The van der Waals surface area contributed by atoms with Crippen LogP contribution in [-0.2, 0) is 13.5 Å². The summed E-state index contributed by atoms with van der Waals surface area (Å²) in [5, 5.41) is 4.41. The quantitative estimate of drug-likeness (QED) is 0.842. The van der Waals surface area contributed by atoms with E-state index in [-0.39, 0.29) is 10.6 Å². The zero-order valence-electron chi connectivity index (χ0n) is 13.4. The van der Waals surface area contributed by atoms with Gasteiger partial charge < -0.3 is 4.90 Å². The summed E-state index contributed by atoms with van der Waals surface area (Å²) in [6, 6.07) is 11.0. The molecule has 0 bridgehead atoms. The molecule has 1 aromatic heterocycles. The van der Waals surface area contributed by atoms with Gasteiger partial charge in [0, 0.05) is 19.6 Å². The summed E-state index contributed by atoms with van der Waals surface area (Å²) in [6.07, 6.45) is 7.36. The van der Waals surface area contributed by atoms with Crippen LogP contribution < -0.4 is 10.5 Å². The molecule has 2 heterocycles. The van der Waals surface area contributed by atoms with Gasteiger partial charge in [0.2, 0.25) is 0 Å². The van der Waals surface area contributed by atoms with Gasteiger partial charge in [0.15, 0.2) is 0 Å². The third-order valence-corrected chi connectivity index (χ3v) is 4.95. The molecule has 1 aliphatic heterocycles. The Bertz CT molecular complexity index is 714. The molecule has 0 aliphatic carbocycles. The fraction of sp³-hybridized carbons (Fsp3) is 0.444. The summed E-state index contributed by atoms with van der Waals surface area (Å²) in [6.45, 7) is 0.949. The highest BCUT2D eigenvalue weighted by atomic mass is 35.5. The summed E-state index contributed by atoms with van der Waals surface area (Å²) in [7, 11) is 1.62. The van der Waals surface area contributed by atoms with E-state index in [2.05, 4.69) is 34.3 Å². The van der Waals surface area contributed by atoms with Gasteiger partial charge in [-0.1, -0.05) is 41.9 Å². The molecule has 1 atom stereocenters. The first kappa shape index (κ1) is 16.1. The average molecular weight is 332 g/mol. The van der Waals surface area contributed by atoms with Gasteiger partial charge in [-0.2, -0.15) is 5.10 Å². The summed E-state index contributed by atoms with van der Waals surface area (Å²) >= 11 is 6.26. The molecule has 2 aromatic rings. The molecule has 5 heteroatoms. The van der Waals surface area contributed by atoms with Crippen molar-refractivity contribution in [2.45, 2.75) is 38.1 Å². The Morgan fingerprint density at radius 3 is 2.87 bits per heavy atom. The highest BCUT2D eigenvalue weighted by Crippen LogP contribution is 2.31. The Morgan fingerprint density at radius 2 is 2.09 bits per heavy atom. The van der Waals surface area contributed by atoms with Crippen molar-refractivity contribution in [2.24, 2.45) is 7.05 Å². The van der Waals surface area contributed by atoms with Crippen molar-refractivity contribution in [3.05, 3.63) is 57.5 Å². The Labute approximate surface area is 141 Å². The number of halogens is 1. The van der Waals surface area contributed by atoms with E-state index in [9.17, 15) is 4.79 Å². The molecule has 0 spiro atoms. The molecule has 4 nitrogen and oxygen atoms in total. The first-order valence-corrected chi connectivity index (χ1v) is 8.57. The highest BCUT2D eigenvalue weighted by Gasteiger charge is 2.27. The topological polar surface area (TPSA) is 38.1 Å². The molecule has 23 heavy (non-hydrogen) atoms. The van der Waals surface area contributed by atoms with Crippen molar-refractivity contribution in [1.82, 2.24) is 9.78 Å². The number of rotatable bonds is 5. The Hall–Kier alpha value is -1.81. The van der Waals surface area contributed by atoms with Gasteiger partial charge in [-0.3, -0.25) is 4.79 Å². The largest absolute Gasteiger partial charge is 0.366 e. The van der Waals surface area contributed by atoms with Gasteiger partial charge >= 0.3 is 0 Å². The first-order chi connectivity index (χ1) is 11.2. The van der Waals surface area contributed by atoms with Crippen LogP contribution in [-0.4, -0.2) is 22.4 Å². The van der Waals surface area contributed by atoms with Crippen LogP contribution in [0.15, 0.2) is 41.3 Å². The fourth-order valence-electron chi connectivity index (χ4n) is 3.34. The van der Waals surface area contributed by atoms with Gasteiger partial charge in [0.1, 0.15) is 5.02 Å². The third-order valence-electron chi connectivity index (χ3n) is 4.59. The molecule has 1 aromatic carbocycles. The number of hydrogen-bond donors (Lipinski definition) is 0. The van der Waals surface area contributed by atoms with E-state index in [0.29, 0.717) is 6.04 Å². The van der Waals surface area contributed by atoms with Crippen LogP contribution in [0.3, 0.4) is 0 Å². The lowest BCUT2D eigenvalue weighted by Crippen LogP contribution is -2.32. The van der Waals surface area contributed by atoms with Crippen molar-refractivity contribution in [3.63, 3.8) is 0 Å². The number of aryl methyl sites for hydroxylation is 2. The fourth-order valence-corrected chi connectivity index (χ4v) is 3.62. The number of aromatic nitrogens is 2. The Morgan fingerprint density at radius 1 is 1.30 bits per heavy atom. The lowest BCUT2D eigenvalue weighted by Gasteiger charge is -2.27. The maximum Gasteiger partial charge on any atom is 0.287 e. The van der Waals surface area contributed by atoms with E-state index in [1.54, 1.807) is 13.2 Å². The second kappa shape index (κ2) is 7.18. The maximum absolute atomic E-state index is 12.0. The molecule has 1 fully saturated rings. The van der Waals surface area contributed by atoms with Crippen LogP contribution in [0, 0.1) is 0 Å². The molecule has 0 radical (unpaired) electrons. The van der Waals surface area contributed by atoms with E-state index in [4.69, 9.17) is 11.6 Å². The summed E-state index contributed by atoms with van der Waals surface area (Å²) in [4.78, 5) is 14.3. The summed E-state index contributed by atoms with van der Waals surface area (Å²) in [5.41, 5.74) is 1.95. The van der Waals surface area contributed by atoms with Gasteiger partial charge in [0.25, 0.3) is 5.56 Å². The predicted molar refractivity (Wildman–Crippen MR) is 94.2 cm³/mol. The second-order valence-corrected chi connectivity index (χ2v) is 6.52. The van der Waals surface area contributed by atoms with Crippen molar-refractivity contribution in [2.75, 3.05) is 11.4 Å². The molecule has 0 amide bonds. The third kappa shape index (κ3) is 3.58. The van der Waals surface area contributed by atoms with Crippen molar-refractivity contribution < 1.29 is 0 Å². The molecule has 1 unspecified atom stereocenters. The van der Waals surface area contributed by atoms with Crippen LogP contribution >= 0.6 is 11.6 Å². The number of nitrogens with zero attached hydrogens (tertiary/aromatic N) is 3. The lowest BCUT2D eigenvalue weighted by molar-refractivity contribution is 0.577. The minimum Gasteiger partial charge on any atom is -0.366 e. The van der Waals surface area contributed by atoms with E-state index in [1.807, 2.05) is 6.07 Å². The van der Waals surface area contributed by atoms with Crippen molar-refractivity contribution >= 4 is 17.3 Å². The molecule has 3 rings (SSSR count). The summed E-state index contributed by atoms with van der Waals surface area (Å²) in [5.74, 6) is 0.